The summed E-state index contributed by atoms with van der Waals surface area (Å²) >= 11 is 0. The monoisotopic (exact) mass is 142 g/mol. The van der Waals surface area contributed by atoms with Gasteiger partial charge in [-0.3, -0.25) is 0 Å². The SMILES string of the molecule is C=CCCCC.CC(C)C. The van der Waals surface area contributed by atoms with Gasteiger partial charge in [-0.25, -0.2) is 0 Å². The average Bonchev–Trinajstić information content (AvgIpc) is 1.82. The molecule has 0 aromatic carbocycles. The molecule has 0 aliphatic rings. The average molecular weight is 142 g/mol. The smallest absolute Gasteiger partial charge is 0.0354 e. The Hall–Kier alpha value is -0.260. The summed E-state index contributed by atoms with van der Waals surface area (Å²) in [5.41, 5.74) is 0. The second kappa shape index (κ2) is 11.5. The van der Waals surface area contributed by atoms with E-state index < -0.39 is 0 Å². The van der Waals surface area contributed by atoms with E-state index in [2.05, 4.69) is 34.3 Å². The number of allylic oxidation sites excluding steroid dienone is 1. The van der Waals surface area contributed by atoms with Crippen LogP contribution in [0.1, 0.15) is 47.0 Å². The molecule has 0 heteroatoms. The van der Waals surface area contributed by atoms with Crippen LogP contribution in [-0.2, 0) is 0 Å². The Morgan fingerprint density at radius 3 is 1.80 bits per heavy atom. The summed E-state index contributed by atoms with van der Waals surface area (Å²) in [5, 5.41) is 0. The van der Waals surface area contributed by atoms with Crippen molar-refractivity contribution in [3.63, 3.8) is 0 Å². The third-order valence-corrected chi connectivity index (χ3v) is 0.762. The van der Waals surface area contributed by atoms with E-state index in [0.29, 0.717) is 0 Å². The Balaban J connectivity index is 0. The van der Waals surface area contributed by atoms with Gasteiger partial charge in [0.25, 0.3) is 0 Å². The third kappa shape index (κ3) is 46.8. The largest absolute Gasteiger partial charge is 0.103 e. The number of unbranched alkanes of at least 4 members (excludes halogenated alkanes) is 2. The number of rotatable bonds is 3. The topological polar surface area (TPSA) is 0 Å². The van der Waals surface area contributed by atoms with Gasteiger partial charge in [-0.2, -0.15) is 0 Å². The van der Waals surface area contributed by atoms with Crippen molar-refractivity contribution in [2.45, 2.75) is 47.0 Å². The summed E-state index contributed by atoms with van der Waals surface area (Å²) in [7, 11) is 0. The fraction of sp³-hybridized carbons (Fsp3) is 0.800. The molecule has 0 aromatic heterocycles. The van der Waals surface area contributed by atoms with Crippen molar-refractivity contribution in [1.29, 1.82) is 0 Å². The van der Waals surface area contributed by atoms with Gasteiger partial charge < -0.3 is 0 Å². The molecular formula is C10H22. The molecule has 10 heavy (non-hydrogen) atoms. The predicted molar refractivity (Wildman–Crippen MR) is 50.2 cm³/mol. The molecule has 0 rings (SSSR count). The highest BCUT2D eigenvalue weighted by Crippen LogP contribution is 1.91. The van der Waals surface area contributed by atoms with Crippen LogP contribution in [0.2, 0.25) is 0 Å². The molecule has 62 valence electrons. The first-order valence-corrected chi connectivity index (χ1v) is 4.26. The first kappa shape index (κ1) is 12.4. The highest BCUT2D eigenvalue weighted by atomic mass is 13.8. The normalized spacial score (nSPS) is 8.50. The van der Waals surface area contributed by atoms with Crippen LogP contribution in [0.25, 0.3) is 0 Å². The van der Waals surface area contributed by atoms with Gasteiger partial charge in [0.15, 0.2) is 0 Å². The Kier molecular flexibility index (Phi) is 14.3. The molecule has 0 atom stereocenters. The lowest BCUT2D eigenvalue weighted by Crippen LogP contribution is -1.66. The second-order valence-electron chi connectivity index (χ2n) is 3.16. The van der Waals surface area contributed by atoms with Gasteiger partial charge in [-0.1, -0.05) is 46.6 Å². The van der Waals surface area contributed by atoms with Gasteiger partial charge in [0.2, 0.25) is 0 Å². The van der Waals surface area contributed by atoms with Crippen molar-refractivity contribution < 1.29 is 0 Å². The van der Waals surface area contributed by atoms with Crippen molar-refractivity contribution in [1.82, 2.24) is 0 Å². The summed E-state index contributed by atoms with van der Waals surface area (Å²) in [5.74, 6) is 0.833. The summed E-state index contributed by atoms with van der Waals surface area (Å²) in [4.78, 5) is 0. The van der Waals surface area contributed by atoms with E-state index in [1.165, 1.54) is 19.3 Å². The zero-order valence-electron chi connectivity index (χ0n) is 7.98. The zero-order valence-corrected chi connectivity index (χ0v) is 7.98. The van der Waals surface area contributed by atoms with Gasteiger partial charge in [-0.15, -0.1) is 6.58 Å². The predicted octanol–water partition coefficient (Wildman–Crippen LogP) is 4.02. The number of hydrogen-bond donors (Lipinski definition) is 0. The Bertz CT molecular complexity index is 50.3. The molecule has 0 saturated carbocycles. The van der Waals surface area contributed by atoms with E-state index in [0.717, 1.165) is 5.92 Å². The lowest BCUT2D eigenvalue weighted by atomic mass is 10.3. The molecular weight excluding hydrogens is 120 g/mol. The minimum atomic E-state index is 0.833. The molecule has 0 aliphatic carbocycles. The van der Waals surface area contributed by atoms with E-state index in [1.54, 1.807) is 0 Å². The lowest BCUT2D eigenvalue weighted by molar-refractivity contribution is 0.737. The lowest BCUT2D eigenvalue weighted by Gasteiger charge is -1.81. The minimum absolute atomic E-state index is 0.833. The van der Waals surface area contributed by atoms with Crippen molar-refractivity contribution in [2.75, 3.05) is 0 Å². The van der Waals surface area contributed by atoms with Gasteiger partial charge in [-0.05, 0) is 12.3 Å². The highest BCUT2D eigenvalue weighted by Gasteiger charge is 1.71. The summed E-state index contributed by atoms with van der Waals surface area (Å²) in [6.45, 7) is 12.3. The molecule has 0 saturated heterocycles. The third-order valence-electron chi connectivity index (χ3n) is 0.762. The van der Waals surface area contributed by atoms with Gasteiger partial charge in [0.05, 0.1) is 0 Å². The van der Waals surface area contributed by atoms with E-state index >= 15 is 0 Å². The highest BCUT2D eigenvalue weighted by molar-refractivity contribution is 4.64. The van der Waals surface area contributed by atoms with Gasteiger partial charge >= 0.3 is 0 Å². The van der Waals surface area contributed by atoms with Crippen molar-refractivity contribution in [3.05, 3.63) is 12.7 Å². The number of hydrogen-bond acceptors (Lipinski definition) is 0. The molecule has 0 fully saturated rings. The van der Waals surface area contributed by atoms with Crippen LogP contribution in [0.4, 0.5) is 0 Å². The van der Waals surface area contributed by atoms with Crippen LogP contribution >= 0.6 is 0 Å². The standard InChI is InChI=1S/C6H12.C4H10/c1-3-5-6-4-2;1-4(2)3/h3H,1,4-6H2,2H3;4H,1-3H3. The summed E-state index contributed by atoms with van der Waals surface area (Å²) in [6, 6.07) is 0. The maximum absolute atomic E-state index is 3.60. The van der Waals surface area contributed by atoms with Crippen LogP contribution in [0.15, 0.2) is 12.7 Å². The first-order valence-electron chi connectivity index (χ1n) is 4.26. The molecule has 0 amide bonds. The molecule has 0 spiro atoms. The maximum atomic E-state index is 3.60. The van der Waals surface area contributed by atoms with E-state index in [1.807, 2.05) is 6.08 Å². The molecule has 0 unspecified atom stereocenters. The quantitative estimate of drug-likeness (QED) is 0.412. The van der Waals surface area contributed by atoms with Crippen LogP contribution in [-0.4, -0.2) is 0 Å². The van der Waals surface area contributed by atoms with Crippen molar-refractivity contribution >= 4 is 0 Å². The fourth-order valence-corrected chi connectivity index (χ4v) is 0.348. The molecule has 0 bridgehead atoms. The van der Waals surface area contributed by atoms with E-state index in [9.17, 15) is 0 Å². The van der Waals surface area contributed by atoms with Crippen LogP contribution in [0.3, 0.4) is 0 Å². The molecule has 0 aliphatic heterocycles. The van der Waals surface area contributed by atoms with Crippen LogP contribution in [0.5, 0.6) is 0 Å². The fourth-order valence-electron chi connectivity index (χ4n) is 0.348. The first-order chi connectivity index (χ1) is 4.65. The summed E-state index contributed by atoms with van der Waals surface area (Å²) < 4.78 is 0. The van der Waals surface area contributed by atoms with E-state index in [4.69, 9.17) is 0 Å². The minimum Gasteiger partial charge on any atom is -0.103 e. The van der Waals surface area contributed by atoms with Gasteiger partial charge in [0, 0.05) is 0 Å². The Morgan fingerprint density at radius 2 is 1.70 bits per heavy atom. The van der Waals surface area contributed by atoms with Crippen LogP contribution in [0, 0.1) is 5.92 Å². The van der Waals surface area contributed by atoms with Crippen molar-refractivity contribution in [3.8, 4) is 0 Å². The molecule has 0 N–H and O–H groups in total. The summed E-state index contributed by atoms with van der Waals surface area (Å²) in [6.07, 6.45) is 5.72. The zero-order chi connectivity index (χ0) is 8.41. The molecule has 0 radical (unpaired) electrons. The molecule has 0 heterocycles. The van der Waals surface area contributed by atoms with Crippen molar-refractivity contribution in [2.24, 2.45) is 5.92 Å². The second-order valence-corrected chi connectivity index (χ2v) is 3.16. The molecule has 0 nitrogen and oxygen atoms in total. The Labute approximate surface area is 66.3 Å². The molecule has 0 aromatic rings. The van der Waals surface area contributed by atoms with E-state index in [-0.39, 0.29) is 0 Å². The Morgan fingerprint density at radius 1 is 1.30 bits per heavy atom. The van der Waals surface area contributed by atoms with Crippen LogP contribution < -0.4 is 0 Å². The maximum Gasteiger partial charge on any atom is -0.0354 e. The van der Waals surface area contributed by atoms with Gasteiger partial charge in [0.1, 0.15) is 0 Å².